The van der Waals surface area contributed by atoms with Crippen LogP contribution in [-0.4, -0.2) is 25.1 Å². The Balaban J connectivity index is 2.69. The topological polar surface area (TPSA) is 74.1 Å². The summed E-state index contributed by atoms with van der Waals surface area (Å²) in [5.41, 5.74) is 1.43. The van der Waals surface area contributed by atoms with Crippen molar-refractivity contribution in [3.05, 3.63) is 29.3 Å². The highest BCUT2D eigenvalue weighted by atomic mass is 16.5. The molecule has 1 aromatic carbocycles. The minimum absolute atomic E-state index is 0.0459. The second-order valence-corrected chi connectivity index (χ2v) is 4.90. The largest absolute Gasteiger partial charge is 0.496 e. The van der Waals surface area contributed by atoms with Gasteiger partial charge in [-0.2, -0.15) is 5.26 Å². The lowest BCUT2D eigenvalue weighted by molar-refractivity contribution is -0.123. The van der Waals surface area contributed by atoms with Crippen molar-refractivity contribution < 1.29 is 9.53 Å². The van der Waals surface area contributed by atoms with Gasteiger partial charge in [0, 0.05) is 18.2 Å². The average Bonchev–Trinajstić information content (AvgIpc) is 2.43. The fourth-order valence-electron chi connectivity index (χ4n) is 1.75. The number of nitrogens with zero attached hydrogens (tertiary/aromatic N) is 1. The Morgan fingerprint density at radius 3 is 2.65 bits per heavy atom. The van der Waals surface area contributed by atoms with Gasteiger partial charge >= 0.3 is 0 Å². The van der Waals surface area contributed by atoms with Crippen LogP contribution in [0.5, 0.6) is 5.75 Å². The average molecular weight is 275 g/mol. The summed E-state index contributed by atoms with van der Waals surface area (Å²) in [6.45, 7) is 6.11. The van der Waals surface area contributed by atoms with Crippen molar-refractivity contribution in [3.63, 3.8) is 0 Å². The third kappa shape index (κ3) is 4.56. The molecule has 0 saturated heterocycles. The van der Waals surface area contributed by atoms with E-state index >= 15 is 0 Å². The summed E-state index contributed by atoms with van der Waals surface area (Å²) in [5.74, 6) is 0.656. The Labute approximate surface area is 119 Å². The molecule has 0 aliphatic rings. The standard InChI is InChI=1S/C15H21N3O2/c1-10(2)18-15(19)11(3)17-9-13-7-12(8-16)5-6-14(13)20-4/h5-7,10-11,17H,9H2,1-4H3,(H,18,19). The zero-order valence-corrected chi connectivity index (χ0v) is 12.4. The molecular formula is C15H21N3O2. The van der Waals surface area contributed by atoms with Gasteiger partial charge in [0.1, 0.15) is 5.75 Å². The molecule has 0 heterocycles. The lowest BCUT2D eigenvalue weighted by Gasteiger charge is -2.17. The van der Waals surface area contributed by atoms with Crippen LogP contribution in [-0.2, 0) is 11.3 Å². The molecule has 0 saturated carbocycles. The molecule has 0 bridgehead atoms. The first-order valence-corrected chi connectivity index (χ1v) is 6.58. The maximum absolute atomic E-state index is 11.8. The summed E-state index contributed by atoms with van der Waals surface area (Å²) >= 11 is 0. The highest BCUT2D eigenvalue weighted by Gasteiger charge is 2.14. The maximum atomic E-state index is 11.8. The summed E-state index contributed by atoms with van der Waals surface area (Å²) in [6.07, 6.45) is 0. The Morgan fingerprint density at radius 2 is 2.10 bits per heavy atom. The SMILES string of the molecule is COc1ccc(C#N)cc1CNC(C)C(=O)NC(C)C. The molecule has 1 amide bonds. The molecule has 0 aliphatic carbocycles. The summed E-state index contributed by atoms with van der Waals surface area (Å²) < 4.78 is 5.25. The van der Waals surface area contributed by atoms with Crippen LogP contribution >= 0.6 is 0 Å². The van der Waals surface area contributed by atoms with E-state index in [0.717, 1.165) is 5.56 Å². The lowest BCUT2D eigenvalue weighted by atomic mass is 10.1. The molecule has 5 nitrogen and oxygen atoms in total. The smallest absolute Gasteiger partial charge is 0.237 e. The zero-order chi connectivity index (χ0) is 15.1. The number of benzene rings is 1. The van der Waals surface area contributed by atoms with Crippen molar-refractivity contribution in [1.82, 2.24) is 10.6 Å². The van der Waals surface area contributed by atoms with E-state index in [0.29, 0.717) is 17.9 Å². The van der Waals surface area contributed by atoms with E-state index in [9.17, 15) is 4.79 Å². The quantitative estimate of drug-likeness (QED) is 0.826. The van der Waals surface area contributed by atoms with Crippen LogP contribution in [0.4, 0.5) is 0 Å². The number of hydrogen-bond donors (Lipinski definition) is 2. The maximum Gasteiger partial charge on any atom is 0.237 e. The van der Waals surface area contributed by atoms with Gasteiger partial charge in [-0.15, -0.1) is 0 Å². The van der Waals surface area contributed by atoms with Gasteiger partial charge in [0.2, 0.25) is 5.91 Å². The zero-order valence-electron chi connectivity index (χ0n) is 12.4. The predicted molar refractivity (Wildman–Crippen MR) is 77.3 cm³/mol. The van der Waals surface area contributed by atoms with E-state index in [1.165, 1.54) is 0 Å². The summed E-state index contributed by atoms with van der Waals surface area (Å²) in [4.78, 5) is 11.8. The highest BCUT2D eigenvalue weighted by Crippen LogP contribution is 2.19. The molecule has 0 fully saturated rings. The lowest BCUT2D eigenvalue weighted by Crippen LogP contribution is -2.44. The van der Waals surface area contributed by atoms with Crippen LogP contribution in [0.15, 0.2) is 18.2 Å². The molecule has 0 radical (unpaired) electrons. The molecule has 1 atom stereocenters. The second kappa shape index (κ2) is 7.51. The third-order valence-electron chi connectivity index (χ3n) is 2.83. The molecule has 0 aliphatic heterocycles. The van der Waals surface area contributed by atoms with Gasteiger partial charge in [0.15, 0.2) is 0 Å². The van der Waals surface area contributed by atoms with Crippen LogP contribution in [0.1, 0.15) is 31.9 Å². The minimum atomic E-state index is -0.312. The molecule has 0 spiro atoms. The minimum Gasteiger partial charge on any atom is -0.496 e. The van der Waals surface area contributed by atoms with E-state index < -0.39 is 0 Å². The third-order valence-corrected chi connectivity index (χ3v) is 2.83. The first kappa shape index (κ1) is 16.0. The molecular weight excluding hydrogens is 254 g/mol. The van der Waals surface area contributed by atoms with E-state index in [2.05, 4.69) is 16.7 Å². The number of nitriles is 1. The van der Waals surface area contributed by atoms with Gasteiger partial charge in [0.25, 0.3) is 0 Å². The second-order valence-electron chi connectivity index (χ2n) is 4.90. The molecule has 1 aromatic rings. The van der Waals surface area contributed by atoms with E-state index in [4.69, 9.17) is 10.00 Å². The molecule has 20 heavy (non-hydrogen) atoms. The van der Waals surface area contributed by atoms with Crippen molar-refractivity contribution in [2.75, 3.05) is 7.11 Å². The Morgan fingerprint density at radius 1 is 1.40 bits per heavy atom. The molecule has 5 heteroatoms. The van der Waals surface area contributed by atoms with Crippen LogP contribution in [0.3, 0.4) is 0 Å². The van der Waals surface area contributed by atoms with Gasteiger partial charge in [0.05, 0.1) is 24.8 Å². The van der Waals surface area contributed by atoms with Gasteiger partial charge in [-0.1, -0.05) is 0 Å². The summed E-state index contributed by atoms with van der Waals surface area (Å²) in [5, 5.41) is 14.9. The van der Waals surface area contributed by atoms with Crippen molar-refractivity contribution in [2.45, 2.75) is 39.4 Å². The van der Waals surface area contributed by atoms with Gasteiger partial charge in [-0.3, -0.25) is 4.79 Å². The molecule has 2 N–H and O–H groups in total. The van der Waals surface area contributed by atoms with E-state index in [1.807, 2.05) is 13.8 Å². The number of amides is 1. The van der Waals surface area contributed by atoms with Crippen molar-refractivity contribution in [2.24, 2.45) is 0 Å². The number of methoxy groups -OCH3 is 1. The van der Waals surface area contributed by atoms with Crippen molar-refractivity contribution in [1.29, 1.82) is 5.26 Å². The summed E-state index contributed by atoms with van der Waals surface area (Å²) in [7, 11) is 1.58. The Hall–Kier alpha value is -2.06. The summed E-state index contributed by atoms with van der Waals surface area (Å²) in [6, 6.07) is 7.12. The van der Waals surface area contributed by atoms with Crippen LogP contribution < -0.4 is 15.4 Å². The van der Waals surface area contributed by atoms with Gasteiger partial charge in [-0.05, 0) is 39.0 Å². The number of carbonyl (C=O) groups is 1. The van der Waals surface area contributed by atoms with E-state index in [1.54, 1.807) is 32.2 Å². The fourth-order valence-corrected chi connectivity index (χ4v) is 1.75. The Kier molecular flexibility index (Phi) is 6.01. The molecule has 0 aromatic heterocycles. The number of ether oxygens (including phenoxy) is 1. The number of hydrogen-bond acceptors (Lipinski definition) is 4. The number of nitrogens with one attached hydrogen (secondary N) is 2. The number of carbonyl (C=O) groups excluding carboxylic acids is 1. The molecule has 1 unspecified atom stereocenters. The first-order chi connectivity index (χ1) is 9.47. The normalized spacial score (nSPS) is 11.8. The van der Waals surface area contributed by atoms with Crippen LogP contribution in [0.25, 0.3) is 0 Å². The van der Waals surface area contributed by atoms with Gasteiger partial charge in [-0.25, -0.2) is 0 Å². The first-order valence-electron chi connectivity index (χ1n) is 6.58. The predicted octanol–water partition coefficient (Wildman–Crippen LogP) is 1.57. The van der Waals surface area contributed by atoms with Crippen molar-refractivity contribution >= 4 is 5.91 Å². The van der Waals surface area contributed by atoms with E-state index in [-0.39, 0.29) is 18.0 Å². The molecule has 1 rings (SSSR count). The molecule has 108 valence electrons. The fraction of sp³-hybridized carbons (Fsp3) is 0.467. The van der Waals surface area contributed by atoms with Crippen LogP contribution in [0, 0.1) is 11.3 Å². The number of rotatable bonds is 6. The highest BCUT2D eigenvalue weighted by molar-refractivity contribution is 5.81. The van der Waals surface area contributed by atoms with Gasteiger partial charge < -0.3 is 15.4 Å². The van der Waals surface area contributed by atoms with Crippen molar-refractivity contribution in [3.8, 4) is 11.8 Å². The monoisotopic (exact) mass is 275 g/mol. The Bertz CT molecular complexity index is 506. The van der Waals surface area contributed by atoms with Crippen LogP contribution in [0.2, 0.25) is 0 Å².